The van der Waals surface area contributed by atoms with Crippen molar-refractivity contribution >= 4 is 17.7 Å². The van der Waals surface area contributed by atoms with Crippen LogP contribution in [0.25, 0.3) is 0 Å². The van der Waals surface area contributed by atoms with Gasteiger partial charge in [0.1, 0.15) is 6.29 Å². The summed E-state index contributed by atoms with van der Waals surface area (Å²) < 4.78 is 0. The molecule has 0 aliphatic carbocycles. The molecule has 0 amide bonds. The Balaban J connectivity index is 2.89. The fourth-order valence-electron chi connectivity index (χ4n) is 1.55. The van der Waals surface area contributed by atoms with E-state index in [9.17, 15) is 4.79 Å². The number of rotatable bonds is 5. The normalized spacial score (nSPS) is 12.3. The third-order valence-electron chi connectivity index (χ3n) is 2.41. The molecule has 82 valence electrons. The van der Waals surface area contributed by atoms with Gasteiger partial charge in [0.2, 0.25) is 0 Å². The van der Waals surface area contributed by atoms with E-state index in [4.69, 9.17) is 11.5 Å². The highest BCUT2D eigenvalue weighted by Crippen LogP contribution is 2.23. The number of hydrogen-bond acceptors (Lipinski definition) is 4. The molecule has 0 saturated heterocycles. The lowest BCUT2D eigenvalue weighted by Gasteiger charge is -2.15. The van der Waals surface area contributed by atoms with Crippen LogP contribution in [0.3, 0.4) is 0 Å². The van der Waals surface area contributed by atoms with Gasteiger partial charge in [-0.15, -0.1) is 0 Å². The molecule has 1 atom stereocenters. The van der Waals surface area contributed by atoms with E-state index in [1.807, 2.05) is 19.2 Å². The number of carbonyl (C=O) groups excluding carboxylic acids is 1. The summed E-state index contributed by atoms with van der Waals surface area (Å²) in [6.45, 7) is 0.752. The first-order valence-corrected chi connectivity index (χ1v) is 4.92. The van der Waals surface area contributed by atoms with E-state index in [1.165, 1.54) is 0 Å². The molecule has 1 rings (SSSR count). The molecule has 0 saturated carbocycles. The Hall–Kier alpha value is -1.55. The minimum absolute atomic E-state index is 0.162. The van der Waals surface area contributed by atoms with Gasteiger partial charge in [0.15, 0.2) is 0 Å². The van der Waals surface area contributed by atoms with Crippen LogP contribution in [-0.4, -0.2) is 19.9 Å². The highest BCUT2D eigenvalue weighted by atomic mass is 16.1. The lowest BCUT2D eigenvalue weighted by molar-refractivity contribution is -0.108. The summed E-state index contributed by atoms with van der Waals surface area (Å²) in [7, 11) is 1.86. The molecule has 0 aliphatic rings. The predicted molar refractivity (Wildman–Crippen MR) is 62.6 cm³/mol. The number of nitrogens with two attached hydrogens (primary N) is 2. The summed E-state index contributed by atoms with van der Waals surface area (Å²) in [6, 6.07) is 5.52. The lowest BCUT2D eigenvalue weighted by Crippen LogP contribution is -2.17. The van der Waals surface area contributed by atoms with Crippen molar-refractivity contribution in [3.63, 3.8) is 0 Å². The fraction of sp³-hybridized carbons (Fsp3) is 0.364. The smallest absolute Gasteiger partial charge is 0.120 e. The largest absolute Gasteiger partial charge is 0.397 e. The lowest BCUT2D eigenvalue weighted by atomic mass is 9.95. The zero-order chi connectivity index (χ0) is 11.3. The maximum Gasteiger partial charge on any atom is 0.120 e. The van der Waals surface area contributed by atoms with E-state index < -0.39 is 0 Å². The molecule has 0 bridgehead atoms. The van der Waals surface area contributed by atoms with Gasteiger partial charge in [-0.2, -0.15) is 0 Å². The van der Waals surface area contributed by atoms with Crippen LogP contribution in [0.4, 0.5) is 11.4 Å². The minimum atomic E-state index is 0.162. The van der Waals surface area contributed by atoms with E-state index >= 15 is 0 Å². The highest BCUT2D eigenvalue weighted by Gasteiger charge is 2.10. The molecule has 15 heavy (non-hydrogen) atoms. The van der Waals surface area contributed by atoms with Gasteiger partial charge in [-0.05, 0) is 24.7 Å². The Morgan fingerprint density at radius 2 is 2.13 bits per heavy atom. The van der Waals surface area contributed by atoms with Gasteiger partial charge in [0.25, 0.3) is 0 Å². The van der Waals surface area contributed by atoms with Crippen LogP contribution in [0.1, 0.15) is 17.9 Å². The molecule has 0 aromatic heterocycles. The average molecular weight is 207 g/mol. The topological polar surface area (TPSA) is 81.1 Å². The quantitative estimate of drug-likeness (QED) is 0.491. The molecule has 0 spiro atoms. The maximum atomic E-state index is 10.5. The van der Waals surface area contributed by atoms with Crippen molar-refractivity contribution in [3.05, 3.63) is 23.8 Å². The summed E-state index contributed by atoms with van der Waals surface area (Å²) >= 11 is 0. The molecular weight excluding hydrogens is 190 g/mol. The molecule has 0 aliphatic heterocycles. The second-order valence-electron chi connectivity index (χ2n) is 3.55. The van der Waals surface area contributed by atoms with Gasteiger partial charge in [0, 0.05) is 18.9 Å². The van der Waals surface area contributed by atoms with Crippen LogP contribution in [0.5, 0.6) is 0 Å². The van der Waals surface area contributed by atoms with E-state index in [1.54, 1.807) is 6.07 Å². The first-order chi connectivity index (χ1) is 7.19. The van der Waals surface area contributed by atoms with Gasteiger partial charge in [0.05, 0.1) is 11.4 Å². The zero-order valence-corrected chi connectivity index (χ0v) is 8.86. The highest BCUT2D eigenvalue weighted by molar-refractivity contribution is 5.64. The van der Waals surface area contributed by atoms with Crippen molar-refractivity contribution in [1.29, 1.82) is 0 Å². The van der Waals surface area contributed by atoms with Crippen molar-refractivity contribution in [2.45, 2.75) is 12.3 Å². The summed E-state index contributed by atoms with van der Waals surface area (Å²) in [5.41, 5.74) is 13.5. The zero-order valence-electron chi connectivity index (χ0n) is 8.86. The summed E-state index contributed by atoms with van der Waals surface area (Å²) in [6.07, 6.45) is 1.42. The van der Waals surface area contributed by atoms with Crippen molar-refractivity contribution in [2.24, 2.45) is 0 Å². The summed E-state index contributed by atoms with van der Waals surface area (Å²) in [5, 5.41) is 3.05. The molecule has 0 fully saturated rings. The van der Waals surface area contributed by atoms with Crippen LogP contribution in [0.2, 0.25) is 0 Å². The van der Waals surface area contributed by atoms with Crippen LogP contribution >= 0.6 is 0 Å². The average Bonchev–Trinajstić information content (AvgIpc) is 2.22. The molecule has 1 unspecified atom stereocenters. The Morgan fingerprint density at radius 1 is 1.40 bits per heavy atom. The van der Waals surface area contributed by atoms with Crippen molar-refractivity contribution < 1.29 is 4.79 Å². The van der Waals surface area contributed by atoms with Crippen molar-refractivity contribution in [1.82, 2.24) is 5.32 Å². The molecule has 0 radical (unpaired) electrons. The summed E-state index contributed by atoms with van der Waals surface area (Å²) in [5.74, 6) is 0.162. The number of benzene rings is 1. The van der Waals surface area contributed by atoms with E-state index in [0.29, 0.717) is 17.8 Å². The van der Waals surface area contributed by atoms with E-state index in [0.717, 1.165) is 18.4 Å². The van der Waals surface area contributed by atoms with Gasteiger partial charge in [-0.25, -0.2) is 0 Å². The Morgan fingerprint density at radius 3 is 2.67 bits per heavy atom. The number of nitrogen functional groups attached to an aromatic ring is 2. The molecule has 5 N–H and O–H groups in total. The number of aldehydes is 1. The Labute approximate surface area is 89.6 Å². The van der Waals surface area contributed by atoms with Crippen LogP contribution < -0.4 is 16.8 Å². The fourth-order valence-corrected chi connectivity index (χ4v) is 1.55. The van der Waals surface area contributed by atoms with Gasteiger partial charge in [-0.1, -0.05) is 6.07 Å². The molecule has 1 aromatic carbocycles. The SMILES string of the molecule is CNCC(CC=O)c1ccc(N)c(N)c1. The standard InChI is InChI=1S/C11H17N3O/c1-14-7-9(4-5-15)8-2-3-10(12)11(13)6-8/h2-3,5-6,9,14H,4,7,12-13H2,1H3. The van der Waals surface area contributed by atoms with Crippen LogP contribution in [0.15, 0.2) is 18.2 Å². The third kappa shape index (κ3) is 2.95. The first-order valence-electron chi connectivity index (χ1n) is 4.92. The monoisotopic (exact) mass is 207 g/mol. The van der Waals surface area contributed by atoms with Crippen LogP contribution in [0, 0.1) is 0 Å². The summed E-state index contributed by atoms with van der Waals surface area (Å²) in [4.78, 5) is 10.5. The minimum Gasteiger partial charge on any atom is -0.397 e. The first kappa shape index (κ1) is 11.5. The Kier molecular flexibility index (Phi) is 4.12. The Bertz CT molecular complexity index is 339. The second kappa shape index (κ2) is 5.36. The molecule has 4 heteroatoms. The molecule has 0 heterocycles. The third-order valence-corrected chi connectivity index (χ3v) is 2.41. The second-order valence-corrected chi connectivity index (χ2v) is 3.55. The van der Waals surface area contributed by atoms with E-state index in [2.05, 4.69) is 5.32 Å². The van der Waals surface area contributed by atoms with Gasteiger partial charge in [-0.3, -0.25) is 0 Å². The maximum absolute atomic E-state index is 10.5. The van der Waals surface area contributed by atoms with Crippen molar-refractivity contribution in [2.75, 3.05) is 25.1 Å². The van der Waals surface area contributed by atoms with E-state index in [-0.39, 0.29) is 5.92 Å². The molecular formula is C11H17N3O. The number of anilines is 2. The van der Waals surface area contributed by atoms with Gasteiger partial charge >= 0.3 is 0 Å². The van der Waals surface area contributed by atoms with Crippen LogP contribution in [-0.2, 0) is 4.79 Å². The number of carbonyl (C=O) groups is 1. The van der Waals surface area contributed by atoms with Crippen molar-refractivity contribution in [3.8, 4) is 0 Å². The number of nitrogens with one attached hydrogen (secondary N) is 1. The molecule has 1 aromatic rings. The predicted octanol–water partition coefficient (Wildman–Crippen LogP) is 0.743. The molecule has 4 nitrogen and oxygen atoms in total. The number of hydrogen-bond donors (Lipinski definition) is 3. The van der Waals surface area contributed by atoms with Gasteiger partial charge < -0.3 is 21.6 Å². The number of likely N-dealkylation sites (N-methyl/N-ethyl adjacent to an activating group) is 1.